The number of para-hydroxylation sites is 2. The molecule has 0 atom stereocenters. The van der Waals surface area contributed by atoms with Crippen molar-refractivity contribution in [1.82, 2.24) is 9.78 Å². The number of nitrogens with zero attached hydrogens (tertiary/aromatic N) is 4. The van der Waals surface area contributed by atoms with Crippen LogP contribution < -0.4 is 9.75 Å². The lowest BCUT2D eigenvalue weighted by molar-refractivity contribution is -0.114. The van der Waals surface area contributed by atoms with Gasteiger partial charge in [-0.25, -0.2) is 9.07 Å². The molecule has 1 amide bonds. The quantitative estimate of drug-likeness (QED) is 0.168. The minimum atomic E-state index is -0.280. The molecule has 2 heterocycles. The van der Waals surface area contributed by atoms with E-state index in [9.17, 15) is 9.18 Å². The number of hydrogen-bond acceptors (Lipinski definition) is 4. The van der Waals surface area contributed by atoms with E-state index in [1.54, 1.807) is 12.1 Å². The fourth-order valence-electron chi connectivity index (χ4n) is 5.14. The number of carbonyl (C=O) groups excluding carboxylic acids is 1. The summed E-state index contributed by atoms with van der Waals surface area (Å²) in [5.74, 6) is 0.175. The Labute approximate surface area is 260 Å². The Bertz CT molecular complexity index is 2000. The molecule has 0 fully saturated rings. The Balaban J connectivity index is 1.27. The number of rotatable bonds is 8. The number of ether oxygens (including phenoxy) is 1. The van der Waals surface area contributed by atoms with E-state index < -0.39 is 0 Å². The van der Waals surface area contributed by atoms with E-state index in [-0.39, 0.29) is 11.7 Å². The van der Waals surface area contributed by atoms with E-state index in [1.807, 2.05) is 132 Å². The summed E-state index contributed by atoms with van der Waals surface area (Å²) < 4.78 is 21.0. The molecule has 0 saturated carbocycles. The van der Waals surface area contributed by atoms with Crippen LogP contribution in [0.1, 0.15) is 16.7 Å². The first kappa shape index (κ1) is 27.7. The van der Waals surface area contributed by atoms with Gasteiger partial charge in [0.1, 0.15) is 23.9 Å². The molecular formula is C38H27FN4O2. The third-order valence-electron chi connectivity index (χ3n) is 7.44. The molecule has 0 radical (unpaired) electrons. The minimum absolute atomic E-state index is 0.219. The van der Waals surface area contributed by atoms with Crippen LogP contribution >= 0.6 is 0 Å². The summed E-state index contributed by atoms with van der Waals surface area (Å²) in [6.45, 7) is 0.321. The van der Waals surface area contributed by atoms with Gasteiger partial charge in [0.15, 0.2) is 0 Å². The van der Waals surface area contributed by atoms with Crippen LogP contribution in [0, 0.1) is 5.82 Å². The van der Waals surface area contributed by atoms with Crippen LogP contribution in [-0.2, 0) is 11.4 Å². The molecule has 0 aliphatic carbocycles. The van der Waals surface area contributed by atoms with Crippen molar-refractivity contribution in [2.75, 3.05) is 5.01 Å². The first-order valence-electron chi connectivity index (χ1n) is 14.5. The average Bonchev–Trinajstić information content (AvgIpc) is 3.67. The zero-order chi connectivity index (χ0) is 30.6. The molecule has 7 rings (SSSR count). The van der Waals surface area contributed by atoms with Crippen molar-refractivity contribution >= 4 is 23.4 Å². The summed E-state index contributed by atoms with van der Waals surface area (Å²) >= 11 is 0. The van der Waals surface area contributed by atoms with Crippen LogP contribution in [0.3, 0.4) is 0 Å². The Hall–Kier alpha value is -6.08. The van der Waals surface area contributed by atoms with Crippen LogP contribution in [0.4, 0.5) is 10.1 Å². The number of amides is 1. The van der Waals surface area contributed by atoms with E-state index in [2.05, 4.69) is 0 Å². The lowest BCUT2D eigenvalue weighted by Gasteiger charge is -2.11. The monoisotopic (exact) mass is 590 g/mol. The van der Waals surface area contributed by atoms with Gasteiger partial charge in [-0.15, -0.1) is 0 Å². The molecule has 1 aromatic heterocycles. The fraction of sp³-hybridized carbons (Fsp3) is 0.0263. The van der Waals surface area contributed by atoms with Gasteiger partial charge >= 0.3 is 0 Å². The van der Waals surface area contributed by atoms with Crippen LogP contribution in [0.15, 0.2) is 156 Å². The largest absolute Gasteiger partial charge is 0.489 e. The van der Waals surface area contributed by atoms with Gasteiger partial charge in [0.2, 0.25) is 0 Å². The molecule has 1 aliphatic rings. The maximum atomic E-state index is 13.9. The Morgan fingerprint density at radius 3 is 1.98 bits per heavy atom. The summed E-state index contributed by atoms with van der Waals surface area (Å²) in [6.07, 6.45) is 3.80. The first-order chi connectivity index (χ1) is 22.1. The first-order valence-corrected chi connectivity index (χ1v) is 14.5. The summed E-state index contributed by atoms with van der Waals surface area (Å²) in [5, 5.41) is 11.2. The second kappa shape index (κ2) is 12.3. The summed E-state index contributed by atoms with van der Waals surface area (Å²) in [6, 6.07) is 42.9. The zero-order valence-electron chi connectivity index (χ0n) is 24.1. The second-order valence-electron chi connectivity index (χ2n) is 10.5. The summed E-state index contributed by atoms with van der Waals surface area (Å²) in [4.78, 5) is 13.9. The number of aromatic nitrogens is 2. The minimum Gasteiger partial charge on any atom is -0.489 e. The second-order valence-corrected chi connectivity index (χ2v) is 10.5. The van der Waals surface area contributed by atoms with E-state index >= 15 is 0 Å². The molecule has 45 heavy (non-hydrogen) atoms. The number of halogens is 1. The van der Waals surface area contributed by atoms with Gasteiger partial charge in [0.25, 0.3) is 5.91 Å². The third kappa shape index (κ3) is 5.92. The zero-order valence-corrected chi connectivity index (χ0v) is 24.1. The predicted octanol–water partition coefficient (Wildman–Crippen LogP) is 8.09. The maximum absolute atomic E-state index is 13.9. The summed E-state index contributed by atoms with van der Waals surface area (Å²) in [5.41, 5.74) is 6.68. The number of benzene rings is 5. The van der Waals surface area contributed by atoms with E-state index in [1.165, 1.54) is 17.1 Å². The highest BCUT2D eigenvalue weighted by Gasteiger charge is 2.32. The van der Waals surface area contributed by atoms with Crippen molar-refractivity contribution in [2.24, 2.45) is 5.10 Å². The van der Waals surface area contributed by atoms with Crippen LogP contribution in [0.25, 0.3) is 23.0 Å². The third-order valence-corrected chi connectivity index (χ3v) is 7.44. The van der Waals surface area contributed by atoms with E-state index in [4.69, 9.17) is 14.9 Å². The highest BCUT2D eigenvalue weighted by Crippen LogP contribution is 2.32. The lowest BCUT2D eigenvalue weighted by Crippen LogP contribution is -2.21. The van der Waals surface area contributed by atoms with Crippen LogP contribution in [0.2, 0.25) is 0 Å². The van der Waals surface area contributed by atoms with Gasteiger partial charge in [-0.2, -0.15) is 15.2 Å². The van der Waals surface area contributed by atoms with Gasteiger partial charge in [0.05, 0.1) is 22.6 Å². The highest BCUT2D eigenvalue weighted by molar-refractivity contribution is 6.37. The molecule has 7 heteroatoms. The molecule has 0 N–H and O–H groups in total. The van der Waals surface area contributed by atoms with Crippen molar-refractivity contribution < 1.29 is 13.9 Å². The normalized spacial score (nSPS) is 13.7. The van der Waals surface area contributed by atoms with Crippen molar-refractivity contribution in [3.63, 3.8) is 0 Å². The highest BCUT2D eigenvalue weighted by atomic mass is 19.1. The predicted molar refractivity (Wildman–Crippen MR) is 175 cm³/mol. The maximum Gasteiger partial charge on any atom is 0.281 e. The SMILES string of the molecule is O=C1C(=Cc2cn(-c3ccccc3)nc2-c2ccc(OCc3ccc(F)cc3)cc2)C(c2ccccc2)=NN1c1ccccc1. The molecule has 0 bridgehead atoms. The Morgan fingerprint density at radius 1 is 0.689 bits per heavy atom. The van der Waals surface area contributed by atoms with Crippen molar-refractivity contribution in [2.45, 2.75) is 6.61 Å². The molecule has 0 spiro atoms. The molecule has 6 nitrogen and oxygen atoms in total. The van der Waals surface area contributed by atoms with Gasteiger partial charge < -0.3 is 4.74 Å². The van der Waals surface area contributed by atoms with Crippen LogP contribution in [-0.4, -0.2) is 21.4 Å². The standard InChI is InChI=1S/C38H27FN4O2/c39-31-20-16-27(17-21-31)26-45-34-22-18-29(19-23-34)36-30(25-42(40-36)32-12-6-2-7-13-32)24-35-37(28-10-4-1-5-11-28)41-43(38(35)44)33-14-8-3-9-15-33/h1-25H,26H2. The molecule has 5 aromatic carbocycles. The van der Waals surface area contributed by atoms with Gasteiger partial charge in [0, 0.05) is 22.9 Å². The molecule has 1 aliphatic heterocycles. The lowest BCUT2D eigenvalue weighted by atomic mass is 9.99. The Kier molecular flexibility index (Phi) is 7.56. The van der Waals surface area contributed by atoms with Gasteiger partial charge in [-0.05, 0) is 72.3 Å². The number of carbonyl (C=O) groups is 1. The molecule has 0 saturated heterocycles. The van der Waals surface area contributed by atoms with E-state index in [0.29, 0.717) is 35.0 Å². The van der Waals surface area contributed by atoms with Crippen LogP contribution in [0.5, 0.6) is 5.75 Å². The number of anilines is 1. The van der Waals surface area contributed by atoms with Gasteiger partial charge in [-0.1, -0.05) is 78.9 Å². The number of hydrazone groups is 1. The van der Waals surface area contributed by atoms with E-state index in [0.717, 1.165) is 27.9 Å². The van der Waals surface area contributed by atoms with Crippen molar-refractivity contribution in [3.05, 3.63) is 174 Å². The molecule has 6 aromatic rings. The molecule has 218 valence electrons. The molecule has 0 unspecified atom stereocenters. The summed E-state index contributed by atoms with van der Waals surface area (Å²) in [7, 11) is 0. The smallest absolute Gasteiger partial charge is 0.281 e. The number of hydrogen-bond donors (Lipinski definition) is 0. The molecular weight excluding hydrogens is 563 g/mol. The van der Waals surface area contributed by atoms with Gasteiger partial charge in [-0.3, -0.25) is 4.79 Å². The fourth-order valence-corrected chi connectivity index (χ4v) is 5.14. The van der Waals surface area contributed by atoms with Crippen molar-refractivity contribution in [1.29, 1.82) is 0 Å². The van der Waals surface area contributed by atoms with Crippen molar-refractivity contribution in [3.8, 4) is 22.7 Å². The average molecular weight is 591 g/mol. The Morgan fingerprint density at radius 2 is 1.31 bits per heavy atom. The topological polar surface area (TPSA) is 59.7 Å².